The summed E-state index contributed by atoms with van der Waals surface area (Å²) in [5.41, 5.74) is 1.68. The summed E-state index contributed by atoms with van der Waals surface area (Å²) in [7, 11) is 0. The van der Waals surface area contributed by atoms with Crippen molar-refractivity contribution < 1.29 is 9.59 Å². The number of thioether (sulfide) groups is 1. The summed E-state index contributed by atoms with van der Waals surface area (Å²) >= 11 is 1.29. The van der Waals surface area contributed by atoms with Gasteiger partial charge in [-0.25, -0.2) is 0 Å². The molecule has 1 fully saturated rings. The zero-order valence-corrected chi connectivity index (χ0v) is 11.6. The fraction of sp³-hybridized carbons (Fsp3) is 0.333. The molecular formula is C15H15NO2S. The normalized spacial score (nSPS) is 18.4. The summed E-state index contributed by atoms with van der Waals surface area (Å²) in [6.45, 7) is 2.23. The number of carbonyl (C=O) groups excluding carboxylic acids is 2. The van der Waals surface area contributed by atoms with Gasteiger partial charge in [-0.2, -0.15) is 0 Å². The molecule has 1 aromatic carbocycles. The molecule has 1 aromatic rings. The molecule has 0 saturated carbocycles. The van der Waals surface area contributed by atoms with Gasteiger partial charge in [-0.1, -0.05) is 17.7 Å². The SMILES string of the molecule is C#Cc1ccc(N2CC(CSC(C)=O)CC2=O)cc1. The lowest BCUT2D eigenvalue weighted by molar-refractivity contribution is -0.117. The monoisotopic (exact) mass is 273 g/mol. The zero-order chi connectivity index (χ0) is 13.8. The first kappa shape index (κ1) is 13.7. The summed E-state index contributed by atoms with van der Waals surface area (Å²) < 4.78 is 0. The van der Waals surface area contributed by atoms with Crippen LogP contribution in [-0.2, 0) is 9.59 Å². The minimum atomic E-state index is 0.101. The van der Waals surface area contributed by atoms with Crippen molar-refractivity contribution in [2.24, 2.45) is 5.92 Å². The van der Waals surface area contributed by atoms with Crippen LogP contribution in [0, 0.1) is 18.3 Å². The zero-order valence-electron chi connectivity index (χ0n) is 10.8. The second kappa shape index (κ2) is 5.94. The maximum Gasteiger partial charge on any atom is 0.227 e. The predicted molar refractivity (Wildman–Crippen MR) is 78.0 cm³/mol. The molecule has 0 aliphatic carbocycles. The Labute approximate surface area is 117 Å². The van der Waals surface area contributed by atoms with E-state index in [-0.39, 0.29) is 16.9 Å². The Hall–Kier alpha value is -1.73. The van der Waals surface area contributed by atoms with E-state index < -0.39 is 0 Å². The van der Waals surface area contributed by atoms with Gasteiger partial charge in [0.25, 0.3) is 0 Å². The lowest BCUT2D eigenvalue weighted by Crippen LogP contribution is -2.24. The molecule has 1 saturated heterocycles. The van der Waals surface area contributed by atoms with Crippen molar-refractivity contribution in [2.75, 3.05) is 17.2 Å². The molecule has 0 aromatic heterocycles. The molecule has 1 atom stereocenters. The van der Waals surface area contributed by atoms with Gasteiger partial charge in [0.15, 0.2) is 5.12 Å². The molecule has 1 aliphatic heterocycles. The van der Waals surface area contributed by atoms with Crippen LogP contribution in [0.4, 0.5) is 5.69 Å². The number of hydrogen-bond acceptors (Lipinski definition) is 3. The highest BCUT2D eigenvalue weighted by Crippen LogP contribution is 2.27. The Balaban J connectivity index is 2.03. The quantitative estimate of drug-likeness (QED) is 0.793. The number of nitrogens with zero attached hydrogens (tertiary/aromatic N) is 1. The van der Waals surface area contributed by atoms with Crippen LogP contribution in [-0.4, -0.2) is 23.3 Å². The second-order valence-corrected chi connectivity index (χ2v) is 5.77. The maximum absolute atomic E-state index is 12.0. The van der Waals surface area contributed by atoms with Crippen LogP contribution in [0.15, 0.2) is 24.3 Å². The highest BCUT2D eigenvalue weighted by atomic mass is 32.2. The number of hydrogen-bond donors (Lipinski definition) is 0. The molecule has 2 rings (SSSR count). The predicted octanol–water partition coefficient (Wildman–Crippen LogP) is 2.30. The van der Waals surface area contributed by atoms with Gasteiger partial charge in [0.2, 0.25) is 5.91 Å². The van der Waals surface area contributed by atoms with Crippen LogP contribution in [0.1, 0.15) is 18.9 Å². The third kappa shape index (κ3) is 3.39. The summed E-state index contributed by atoms with van der Waals surface area (Å²) in [6.07, 6.45) is 5.82. The Morgan fingerprint density at radius 2 is 2.16 bits per heavy atom. The maximum atomic E-state index is 12.0. The van der Waals surface area contributed by atoms with Gasteiger partial charge in [-0.05, 0) is 30.2 Å². The van der Waals surface area contributed by atoms with Crippen molar-refractivity contribution in [2.45, 2.75) is 13.3 Å². The Morgan fingerprint density at radius 1 is 1.47 bits per heavy atom. The largest absolute Gasteiger partial charge is 0.312 e. The summed E-state index contributed by atoms with van der Waals surface area (Å²) in [5, 5.41) is 0.101. The van der Waals surface area contributed by atoms with Gasteiger partial charge in [0.1, 0.15) is 0 Å². The molecule has 0 radical (unpaired) electrons. The van der Waals surface area contributed by atoms with E-state index in [0.717, 1.165) is 11.3 Å². The number of carbonyl (C=O) groups is 2. The minimum absolute atomic E-state index is 0.101. The van der Waals surface area contributed by atoms with Crippen molar-refractivity contribution in [3.05, 3.63) is 29.8 Å². The third-order valence-electron chi connectivity index (χ3n) is 3.07. The van der Waals surface area contributed by atoms with Crippen molar-refractivity contribution >= 4 is 28.5 Å². The van der Waals surface area contributed by atoms with Gasteiger partial charge in [-0.15, -0.1) is 6.42 Å². The molecule has 98 valence electrons. The van der Waals surface area contributed by atoms with E-state index in [2.05, 4.69) is 5.92 Å². The Kier molecular flexibility index (Phi) is 4.28. The molecule has 1 heterocycles. The van der Waals surface area contributed by atoms with E-state index in [1.54, 1.807) is 11.8 Å². The molecule has 1 aliphatic rings. The first-order chi connectivity index (χ1) is 9.10. The lowest BCUT2D eigenvalue weighted by atomic mass is 10.1. The van der Waals surface area contributed by atoms with Crippen molar-refractivity contribution in [1.29, 1.82) is 0 Å². The van der Waals surface area contributed by atoms with Gasteiger partial charge in [-0.3, -0.25) is 9.59 Å². The first-order valence-corrected chi connectivity index (χ1v) is 7.09. The summed E-state index contributed by atoms with van der Waals surface area (Å²) in [4.78, 5) is 24.7. The fourth-order valence-corrected chi connectivity index (χ4v) is 2.81. The number of rotatable bonds is 3. The molecule has 0 bridgehead atoms. The van der Waals surface area contributed by atoms with Crippen molar-refractivity contribution in [3.63, 3.8) is 0 Å². The molecule has 3 nitrogen and oxygen atoms in total. The van der Waals surface area contributed by atoms with Gasteiger partial charge < -0.3 is 4.90 Å². The van der Waals surface area contributed by atoms with Crippen molar-refractivity contribution in [1.82, 2.24) is 0 Å². The standard InChI is InChI=1S/C15H15NO2S/c1-3-12-4-6-14(7-5-12)16-9-13(8-15(16)18)10-19-11(2)17/h1,4-7,13H,8-10H2,2H3. The summed E-state index contributed by atoms with van der Waals surface area (Å²) in [6, 6.07) is 7.40. The summed E-state index contributed by atoms with van der Waals surface area (Å²) in [5.74, 6) is 3.62. The van der Waals surface area contributed by atoms with Crippen LogP contribution in [0.5, 0.6) is 0 Å². The number of anilines is 1. The van der Waals surface area contributed by atoms with Crippen LogP contribution in [0.25, 0.3) is 0 Å². The van der Waals surface area contributed by atoms with Crippen molar-refractivity contribution in [3.8, 4) is 12.3 Å². The topological polar surface area (TPSA) is 37.4 Å². The highest BCUT2D eigenvalue weighted by molar-refractivity contribution is 8.13. The van der Waals surface area contributed by atoms with E-state index in [1.807, 2.05) is 24.3 Å². The minimum Gasteiger partial charge on any atom is -0.312 e. The average Bonchev–Trinajstić information content (AvgIpc) is 2.78. The van der Waals surface area contributed by atoms with E-state index >= 15 is 0 Å². The van der Waals surface area contributed by atoms with Gasteiger partial charge >= 0.3 is 0 Å². The third-order valence-corrected chi connectivity index (χ3v) is 4.12. The molecule has 0 spiro atoms. The first-order valence-electron chi connectivity index (χ1n) is 6.10. The molecule has 1 amide bonds. The molecule has 1 unspecified atom stereocenters. The number of terminal acetylenes is 1. The van der Waals surface area contributed by atoms with E-state index in [0.29, 0.717) is 18.7 Å². The van der Waals surface area contributed by atoms with Crippen LogP contribution in [0.2, 0.25) is 0 Å². The molecule has 0 N–H and O–H groups in total. The van der Waals surface area contributed by atoms with E-state index in [4.69, 9.17) is 6.42 Å². The number of benzene rings is 1. The highest BCUT2D eigenvalue weighted by Gasteiger charge is 2.30. The van der Waals surface area contributed by atoms with Gasteiger partial charge in [0, 0.05) is 36.9 Å². The second-order valence-electron chi connectivity index (χ2n) is 4.57. The van der Waals surface area contributed by atoms with Crippen LogP contribution in [0.3, 0.4) is 0 Å². The Morgan fingerprint density at radius 3 is 2.74 bits per heavy atom. The van der Waals surface area contributed by atoms with Crippen LogP contribution >= 0.6 is 11.8 Å². The van der Waals surface area contributed by atoms with Gasteiger partial charge in [0.05, 0.1) is 0 Å². The Bertz CT molecular complexity index is 530. The fourth-order valence-electron chi connectivity index (χ4n) is 2.12. The van der Waals surface area contributed by atoms with E-state index in [1.165, 1.54) is 11.8 Å². The average molecular weight is 273 g/mol. The van der Waals surface area contributed by atoms with Crippen LogP contribution < -0.4 is 4.90 Å². The smallest absolute Gasteiger partial charge is 0.227 e. The molecular weight excluding hydrogens is 258 g/mol. The van der Waals surface area contributed by atoms with E-state index in [9.17, 15) is 9.59 Å². The molecule has 4 heteroatoms. The number of amides is 1. The lowest BCUT2D eigenvalue weighted by Gasteiger charge is -2.16. The molecule has 19 heavy (non-hydrogen) atoms.